The lowest BCUT2D eigenvalue weighted by atomic mass is 10.2. The van der Waals surface area contributed by atoms with Gasteiger partial charge in [-0.25, -0.2) is 4.79 Å². The van der Waals surface area contributed by atoms with Gasteiger partial charge in [0.05, 0.1) is 13.2 Å². The maximum absolute atomic E-state index is 12.4. The highest BCUT2D eigenvalue weighted by Gasteiger charge is 2.12. The Kier molecular flexibility index (Phi) is 9.53. The van der Waals surface area contributed by atoms with Crippen LogP contribution in [0.4, 0.5) is 10.5 Å². The van der Waals surface area contributed by atoms with E-state index in [1.54, 1.807) is 29.2 Å². The van der Waals surface area contributed by atoms with Crippen LogP contribution in [-0.2, 0) is 11.3 Å². The Bertz CT molecular complexity index is 894. The van der Waals surface area contributed by atoms with Crippen molar-refractivity contribution < 1.29 is 19.1 Å². The predicted octanol–water partition coefficient (Wildman–Crippen LogP) is 3.20. The molecule has 0 atom stereocenters. The van der Waals surface area contributed by atoms with Crippen molar-refractivity contribution in [3.63, 3.8) is 0 Å². The van der Waals surface area contributed by atoms with E-state index in [4.69, 9.17) is 9.47 Å². The Morgan fingerprint density at radius 3 is 2.48 bits per heavy atom. The molecular formula is C25H34N4O4. The summed E-state index contributed by atoms with van der Waals surface area (Å²) in [5.41, 5.74) is 2.19. The number of ether oxygens (including phenoxy) is 2. The maximum Gasteiger partial charge on any atom is 0.319 e. The van der Waals surface area contributed by atoms with Gasteiger partial charge in [0.1, 0.15) is 12.4 Å². The zero-order valence-corrected chi connectivity index (χ0v) is 19.5. The van der Waals surface area contributed by atoms with E-state index in [0.29, 0.717) is 37.5 Å². The van der Waals surface area contributed by atoms with Crippen LogP contribution >= 0.6 is 0 Å². The van der Waals surface area contributed by atoms with Gasteiger partial charge in [-0.05, 0) is 55.8 Å². The van der Waals surface area contributed by atoms with E-state index in [0.717, 1.165) is 44.2 Å². The minimum atomic E-state index is -0.309. The summed E-state index contributed by atoms with van der Waals surface area (Å²) in [5, 5.41) is 5.65. The molecule has 3 amide bonds. The Morgan fingerprint density at radius 1 is 1.06 bits per heavy atom. The third-order valence-electron chi connectivity index (χ3n) is 5.57. The van der Waals surface area contributed by atoms with E-state index >= 15 is 0 Å². The van der Waals surface area contributed by atoms with Gasteiger partial charge in [-0.1, -0.05) is 12.1 Å². The van der Waals surface area contributed by atoms with Gasteiger partial charge in [0.15, 0.2) is 0 Å². The first-order chi connectivity index (χ1) is 16.1. The van der Waals surface area contributed by atoms with Crippen LogP contribution < -0.4 is 15.4 Å². The van der Waals surface area contributed by atoms with Crippen LogP contribution in [0.3, 0.4) is 0 Å². The predicted molar refractivity (Wildman–Crippen MR) is 129 cm³/mol. The minimum absolute atomic E-state index is 0.0111. The summed E-state index contributed by atoms with van der Waals surface area (Å²) >= 11 is 0. The van der Waals surface area contributed by atoms with Crippen molar-refractivity contribution in [3.8, 4) is 5.75 Å². The van der Waals surface area contributed by atoms with Crippen LogP contribution in [0.5, 0.6) is 5.75 Å². The highest BCUT2D eigenvalue weighted by atomic mass is 16.5. The number of nitrogens with one attached hydrogen (secondary N) is 2. The molecule has 178 valence electrons. The first-order valence-corrected chi connectivity index (χ1v) is 11.5. The third-order valence-corrected chi connectivity index (χ3v) is 5.57. The molecule has 3 rings (SSSR count). The summed E-state index contributed by atoms with van der Waals surface area (Å²) in [6.07, 6.45) is 0. The fourth-order valence-electron chi connectivity index (χ4n) is 3.61. The van der Waals surface area contributed by atoms with Gasteiger partial charge in [-0.2, -0.15) is 0 Å². The molecule has 1 saturated heterocycles. The molecule has 0 radical (unpaired) electrons. The largest absolute Gasteiger partial charge is 0.492 e. The molecule has 1 aliphatic rings. The fourth-order valence-corrected chi connectivity index (χ4v) is 3.61. The van der Waals surface area contributed by atoms with Crippen molar-refractivity contribution in [3.05, 3.63) is 59.7 Å². The topological polar surface area (TPSA) is 83.1 Å². The van der Waals surface area contributed by atoms with Crippen molar-refractivity contribution in [2.45, 2.75) is 20.4 Å². The number of urea groups is 1. The van der Waals surface area contributed by atoms with E-state index in [1.165, 1.54) is 0 Å². The van der Waals surface area contributed by atoms with Gasteiger partial charge in [0.2, 0.25) is 0 Å². The van der Waals surface area contributed by atoms with Gasteiger partial charge in [0.25, 0.3) is 5.91 Å². The summed E-state index contributed by atoms with van der Waals surface area (Å²) in [6.45, 7) is 10.5. The minimum Gasteiger partial charge on any atom is -0.492 e. The van der Waals surface area contributed by atoms with Crippen LogP contribution in [0.1, 0.15) is 29.8 Å². The number of hydrogen-bond donors (Lipinski definition) is 2. The zero-order chi connectivity index (χ0) is 23.5. The summed E-state index contributed by atoms with van der Waals surface area (Å²) in [4.78, 5) is 28.8. The number of amides is 3. The van der Waals surface area contributed by atoms with Gasteiger partial charge < -0.3 is 25.0 Å². The van der Waals surface area contributed by atoms with Gasteiger partial charge in [-0.3, -0.25) is 9.69 Å². The second-order valence-electron chi connectivity index (χ2n) is 7.81. The molecule has 0 spiro atoms. The van der Waals surface area contributed by atoms with Crippen molar-refractivity contribution in [1.29, 1.82) is 0 Å². The number of carbonyl (C=O) groups excluding carboxylic acids is 2. The lowest BCUT2D eigenvalue weighted by molar-refractivity contribution is 0.0322. The van der Waals surface area contributed by atoms with Crippen molar-refractivity contribution in [2.75, 3.05) is 57.9 Å². The molecule has 8 nitrogen and oxygen atoms in total. The molecular weight excluding hydrogens is 420 g/mol. The number of carbonyl (C=O) groups is 2. The molecule has 1 heterocycles. The van der Waals surface area contributed by atoms with Gasteiger partial charge in [0, 0.05) is 50.5 Å². The maximum atomic E-state index is 12.4. The summed E-state index contributed by atoms with van der Waals surface area (Å²) in [7, 11) is 0. The SMILES string of the molecule is CCN(CC)C(=O)c1ccc(NC(=O)NCc2cccc(OCCN3CCOCC3)c2)cc1. The van der Waals surface area contributed by atoms with E-state index in [2.05, 4.69) is 15.5 Å². The number of benzene rings is 2. The first-order valence-electron chi connectivity index (χ1n) is 11.5. The molecule has 0 saturated carbocycles. The summed E-state index contributed by atoms with van der Waals surface area (Å²) in [6, 6.07) is 14.3. The average Bonchev–Trinajstić information content (AvgIpc) is 2.85. The molecule has 0 unspecified atom stereocenters. The molecule has 0 bridgehead atoms. The van der Waals surface area contributed by atoms with E-state index in [-0.39, 0.29) is 11.9 Å². The van der Waals surface area contributed by atoms with Crippen LogP contribution in [0.15, 0.2) is 48.5 Å². The van der Waals surface area contributed by atoms with Crippen molar-refractivity contribution in [1.82, 2.24) is 15.1 Å². The Balaban J connectivity index is 1.43. The highest BCUT2D eigenvalue weighted by molar-refractivity contribution is 5.95. The number of rotatable bonds is 10. The highest BCUT2D eigenvalue weighted by Crippen LogP contribution is 2.14. The standard InChI is InChI=1S/C25H34N4O4/c1-3-29(4-2)24(30)21-8-10-22(11-9-21)27-25(31)26-19-20-6-5-7-23(18-20)33-17-14-28-12-15-32-16-13-28/h5-11,18H,3-4,12-17,19H2,1-2H3,(H2,26,27,31). The second kappa shape index (κ2) is 12.8. The normalized spacial score (nSPS) is 13.9. The number of anilines is 1. The first kappa shape index (κ1) is 24.5. The van der Waals surface area contributed by atoms with Crippen LogP contribution in [0.25, 0.3) is 0 Å². The Hall–Kier alpha value is -3.10. The molecule has 0 aliphatic carbocycles. The van der Waals surface area contributed by atoms with E-state index in [9.17, 15) is 9.59 Å². The van der Waals surface area contributed by atoms with E-state index in [1.807, 2.05) is 38.1 Å². The Morgan fingerprint density at radius 2 is 1.79 bits per heavy atom. The van der Waals surface area contributed by atoms with Crippen molar-refractivity contribution in [2.24, 2.45) is 0 Å². The van der Waals surface area contributed by atoms with E-state index < -0.39 is 0 Å². The van der Waals surface area contributed by atoms with Crippen LogP contribution in [-0.4, -0.2) is 74.3 Å². The molecule has 1 aliphatic heterocycles. The number of hydrogen-bond acceptors (Lipinski definition) is 5. The molecule has 8 heteroatoms. The fraction of sp³-hybridized carbons (Fsp3) is 0.440. The van der Waals surface area contributed by atoms with Crippen molar-refractivity contribution >= 4 is 17.6 Å². The zero-order valence-electron chi connectivity index (χ0n) is 19.5. The molecule has 2 aromatic rings. The summed E-state index contributed by atoms with van der Waals surface area (Å²) < 4.78 is 11.2. The molecule has 2 N–H and O–H groups in total. The second-order valence-corrected chi connectivity index (χ2v) is 7.81. The number of morpholine rings is 1. The lowest BCUT2D eigenvalue weighted by Gasteiger charge is -2.26. The monoisotopic (exact) mass is 454 g/mol. The molecule has 1 fully saturated rings. The third kappa shape index (κ3) is 7.76. The smallest absolute Gasteiger partial charge is 0.319 e. The van der Waals surface area contributed by atoms with Crippen LogP contribution in [0.2, 0.25) is 0 Å². The van der Waals surface area contributed by atoms with Gasteiger partial charge in [-0.15, -0.1) is 0 Å². The quantitative estimate of drug-likeness (QED) is 0.576. The average molecular weight is 455 g/mol. The summed E-state index contributed by atoms with van der Waals surface area (Å²) in [5.74, 6) is 0.777. The molecule has 33 heavy (non-hydrogen) atoms. The molecule has 0 aromatic heterocycles. The Labute approximate surface area is 195 Å². The lowest BCUT2D eigenvalue weighted by Crippen LogP contribution is -2.38. The molecule has 2 aromatic carbocycles. The van der Waals surface area contributed by atoms with Crippen LogP contribution in [0, 0.1) is 0 Å². The van der Waals surface area contributed by atoms with Gasteiger partial charge >= 0.3 is 6.03 Å². The number of nitrogens with zero attached hydrogens (tertiary/aromatic N) is 2.